The number of phenolic OH excluding ortho intramolecular Hbond substituents is 1. The number of phenols is 1. The van der Waals surface area contributed by atoms with Crippen LogP contribution in [0.25, 0.3) is 0 Å². The van der Waals surface area contributed by atoms with Gasteiger partial charge in [-0.1, -0.05) is 18.2 Å². The molecule has 108 valence electrons. The van der Waals surface area contributed by atoms with E-state index in [-0.39, 0.29) is 17.7 Å². The van der Waals surface area contributed by atoms with Crippen molar-refractivity contribution in [2.75, 3.05) is 5.32 Å². The highest BCUT2D eigenvalue weighted by Crippen LogP contribution is 2.20. The highest BCUT2D eigenvalue weighted by atomic mass is 16.4. The molecule has 0 aliphatic carbocycles. The van der Waals surface area contributed by atoms with Gasteiger partial charge in [-0.05, 0) is 42.3 Å². The fourth-order valence-corrected chi connectivity index (χ4v) is 1.91. The van der Waals surface area contributed by atoms with Gasteiger partial charge < -0.3 is 15.5 Å². The number of anilines is 1. The molecule has 0 aliphatic rings. The highest BCUT2D eigenvalue weighted by Gasteiger charge is 2.11. The van der Waals surface area contributed by atoms with Crippen LogP contribution in [0.1, 0.15) is 21.5 Å². The minimum atomic E-state index is -0.906. The van der Waals surface area contributed by atoms with Gasteiger partial charge in [-0.15, -0.1) is 0 Å². The molecule has 0 bridgehead atoms. The number of rotatable bonds is 4. The van der Waals surface area contributed by atoms with E-state index in [1.165, 1.54) is 6.07 Å². The third-order valence-electron chi connectivity index (χ3n) is 2.97. The molecule has 3 N–H and O–H groups in total. The summed E-state index contributed by atoms with van der Waals surface area (Å²) in [5.74, 6) is -1.40. The van der Waals surface area contributed by atoms with E-state index in [0.29, 0.717) is 11.3 Å². The maximum atomic E-state index is 12.0. The molecule has 2 rings (SSSR count). The monoisotopic (exact) mass is 285 g/mol. The van der Waals surface area contributed by atoms with Gasteiger partial charge in [0, 0.05) is 5.69 Å². The van der Waals surface area contributed by atoms with E-state index < -0.39 is 11.9 Å². The Morgan fingerprint density at radius 1 is 1.10 bits per heavy atom. The van der Waals surface area contributed by atoms with Gasteiger partial charge in [0.05, 0.1) is 12.0 Å². The summed E-state index contributed by atoms with van der Waals surface area (Å²) in [6.45, 7) is 1.82. The minimum Gasteiger partial charge on any atom is -0.507 e. The Morgan fingerprint density at radius 3 is 2.33 bits per heavy atom. The Bertz CT molecular complexity index is 677. The molecule has 0 spiro atoms. The van der Waals surface area contributed by atoms with Gasteiger partial charge in [0.1, 0.15) is 5.75 Å². The van der Waals surface area contributed by atoms with E-state index in [9.17, 15) is 14.7 Å². The molecule has 0 heterocycles. The van der Waals surface area contributed by atoms with Gasteiger partial charge >= 0.3 is 5.97 Å². The van der Waals surface area contributed by atoms with Gasteiger partial charge in [-0.25, -0.2) is 0 Å². The predicted molar refractivity (Wildman–Crippen MR) is 78.6 cm³/mol. The summed E-state index contributed by atoms with van der Waals surface area (Å²) in [7, 11) is 0. The molecular formula is C16H15NO4. The van der Waals surface area contributed by atoms with E-state index >= 15 is 0 Å². The van der Waals surface area contributed by atoms with Gasteiger partial charge in [0.15, 0.2) is 0 Å². The number of carbonyl (C=O) groups is 2. The van der Waals surface area contributed by atoms with Crippen LogP contribution in [0.4, 0.5) is 5.69 Å². The first-order valence-electron chi connectivity index (χ1n) is 6.37. The summed E-state index contributed by atoms with van der Waals surface area (Å²) in [6, 6.07) is 11.3. The number of carboxylic acid groups (broad SMARTS) is 1. The lowest BCUT2D eigenvalue weighted by Gasteiger charge is -2.08. The number of benzene rings is 2. The average Bonchev–Trinajstić information content (AvgIpc) is 2.40. The molecule has 5 nitrogen and oxygen atoms in total. The molecular weight excluding hydrogens is 270 g/mol. The standard InChI is InChI=1S/C16H15NO4/c1-10-2-7-13(14(18)8-10)16(21)17-12-5-3-11(4-6-12)9-15(19)20/h2-8,18H,9H2,1H3,(H,17,21)(H,19,20). The lowest BCUT2D eigenvalue weighted by Crippen LogP contribution is -2.12. The molecule has 5 heteroatoms. The van der Waals surface area contributed by atoms with Gasteiger partial charge in [-0.3, -0.25) is 9.59 Å². The molecule has 0 aromatic heterocycles. The number of amides is 1. The van der Waals surface area contributed by atoms with Crippen molar-refractivity contribution in [3.8, 4) is 5.75 Å². The molecule has 2 aromatic rings. The SMILES string of the molecule is Cc1ccc(C(=O)Nc2ccc(CC(=O)O)cc2)c(O)c1. The van der Waals surface area contributed by atoms with Crippen LogP contribution in [0.15, 0.2) is 42.5 Å². The Balaban J connectivity index is 2.10. The fraction of sp³-hybridized carbons (Fsp3) is 0.125. The molecule has 21 heavy (non-hydrogen) atoms. The lowest BCUT2D eigenvalue weighted by atomic mass is 10.1. The number of carbonyl (C=O) groups excluding carboxylic acids is 1. The van der Waals surface area contributed by atoms with Crippen molar-refractivity contribution in [2.24, 2.45) is 0 Å². The molecule has 0 fully saturated rings. The second-order valence-electron chi connectivity index (χ2n) is 4.74. The van der Waals surface area contributed by atoms with Crippen molar-refractivity contribution in [3.63, 3.8) is 0 Å². The van der Waals surface area contributed by atoms with Crippen LogP contribution in [0.5, 0.6) is 5.75 Å². The second-order valence-corrected chi connectivity index (χ2v) is 4.74. The fourth-order valence-electron chi connectivity index (χ4n) is 1.91. The Morgan fingerprint density at radius 2 is 1.76 bits per heavy atom. The number of aromatic hydroxyl groups is 1. The Labute approximate surface area is 121 Å². The lowest BCUT2D eigenvalue weighted by molar-refractivity contribution is -0.136. The van der Waals surface area contributed by atoms with E-state index in [1.54, 1.807) is 36.4 Å². The van der Waals surface area contributed by atoms with Crippen LogP contribution in [-0.4, -0.2) is 22.1 Å². The molecule has 0 aliphatic heterocycles. The van der Waals surface area contributed by atoms with Crippen molar-refractivity contribution in [1.82, 2.24) is 0 Å². The number of aliphatic carboxylic acids is 1. The van der Waals surface area contributed by atoms with Crippen LogP contribution in [0, 0.1) is 6.92 Å². The van der Waals surface area contributed by atoms with E-state index in [1.807, 2.05) is 6.92 Å². The molecule has 0 radical (unpaired) electrons. The molecule has 0 saturated carbocycles. The predicted octanol–water partition coefficient (Wildman–Crippen LogP) is 2.58. The first-order valence-corrected chi connectivity index (χ1v) is 6.37. The number of hydrogen-bond donors (Lipinski definition) is 3. The van der Waals surface area contributed by atoms with Crippen LogP contribution in [-0.2, 0) is 11.2 Å². The second kappa shape index (κ2) is 6.09. The van der Waals surface area contributed by atoms with E-state index in [2.05, 4.69) is 5.32 Å². The van der Waals surface area contributed by atoms with Crippen LogP contribution >= 0.6 is 0 Å². The summed E-state index contributed by atoms with van der Waals surface area (Å²) in [4.78, 5) is 22.6. The van der Waals surface area contributed by atoms with Gasteiger partial charge in [-0.2, -0.15) is 0 Å². The summed E-state index contributed by atoms with van der Waals surface area (Å²) in [5, 5.41) is 21.1. The van der Waals surface area contributed by atoms with Gasteiger partial charge in [0.25, 0.3) is 5.91 Å². The Hall–Kier alpha value is -2.82. The highest BCUT2D eigenvalue weighted by molar-refractivity contribution is 6.06. The summed E-state index contributed by atoms with van der Waals surface area (Å²) >= 11 is 0. The van der Waals surface area contributed by atoms with Gasteiger partial charge in [0.2, 0.25) is 0 Å². The third kappa shape index (κ3) is 3.82. The molecule has 0 atom stereocenters. The zero-order chi connectivity index (χ0) is 15.4. The number of aryl methyl sites for hydroxylation is 1. The summed E-state index contributed by atoms with van der Waals surface area (Å²) in [5.41, 5.74) is 2.24. The molecule has 0 unspecified atom stereocenters. The van der Waals surface area contributed by atoms with Crippen molar-refractivity contribution < 1.29 is 19.8 Å². The zero-order valence-corrected chi connectivity index (χ0v) is 11.5. The molecule has 0 saturated heterocycles. The van der Waals surface area contributed by atoms with Crippen molar-refractivity contribution >= 4 is 17.6 Å². The van der Waals surface area contributed by atoms with Crippen molar-refractivity contribution in [1.29, 1.82) is 0 Å². The number of carboxylic acids is 1. The molecule has 1 amide bonds. The summed E-state index contributed by atoms with van der Waals surface area (Å²) in [6.07, 6.45) is -0.0625. The third-order valence-corrected chi connectivity index (χ3v) is 2.97. The average molecular weight is 285 g/mol. The minimum absolute atomic E-state index is 0.0625. The molecule has 2 aromatic carbocycles. The largest absolute Gasteiger partial charge is 0.507 e. The smallest absolute Gasteiger partial charge is 0.307 e. The first-order chi connectivity index (χ1) is 9.95. The van der Waals surface area contributed by atoms with Crippen molar-refractivity contribution in [2.45, 2.75) is 13.3 Å². The Kier molecular flexibility index (Phi) is 4.23. The zero-order valence-electron chi connectivity index (χ0n) is 11.5. The first kappa shape index (κ1) is 14.6. The number of nitrogens with one attached hydrogen (secondary N) is 1. The topological polar surface area (TPSA) is 86.6 Å². The van der Waals surface area contributed by atoms with Crippen LogP contribution in [0.3, 0.4) is 0 Å². The number of hydrogen-bond acceptors (Lipinski definition) is 3. The van der Waals surface area contributed by atoms with E-state index in [0.717, 1.165) is 5.56 Å². The normalized spacial score (nSPS) is 10.1. The van der Waals surface area contributed by atoms with Crippen LogP contribution < -0.4 is 5.32 Å². The van der Waals surface area contributed by atoms with Crippen molar-refractivity contribution in [3.05, 3.63) is 59.2 Å². The quantitative estimate of drug-likeness (QED) is 0.805. The van der Waals surface area contributed by atoms with E-state index in [4.69, 9.17) is 5.11 Å². The maximum absolute atomic E-state index is 12.0. The summed E-state index contributed by atoms with van der Waals surface area (Å²) < 4.78 is 0. The maximum Gasteiger partial charge on any atom is 0.307 e. The van der Waals surface area contributed by atoms with Crippen LogP contribution in [0.2, 0.25) is 0 Å².